The molecule has 0 unspecified atom stereocenters. The fraction of sp³-hybridized carbons (Fsp3) is 0.167. The Labute approximate surface area is 114 Å². The summed E-state index contributed by atoms with van der Waals surface area (Å²) in [4.78, 5) is 26.3. The first-order chi connectivity index (χ1) is 9.03. The van der Waals surface area contributed by atoms with E-state index in [9.17, 15) is 9.59 Å². The number of pyridine rings is 1. The van der Waals surface area contributed by atoms with Gasteiger partial charge in [0.05, 0.1) is 14.2 Å². The summed E-state index contributed by atoms with van der Waals surface area (Å²) >= 11 is 5.85. The van der Waals surface area contributed by atoms with Crippen LogP contribution in [0.25, 0.3) is 6.08 Å². The van der Waals surface area contributed by atoms with Crippen LogP contribution in [-0.4, -0.2) is 31.1 Å². The Morgan fingerprint density at radius 3 is 2.53 bits per heavy atom. The summed E-state index contributed by atoms with van der Waals surface area (Å²) in [5.74, 6) is -1.42. The molecule has 6 nitrogen and oxygen atoms in total. The van der Waals surface area contributed by atoms with Gasteiger partial charge < -0.3 is 9.47 Å². The number of ether oxygens (including phenoxy) is 2. The molecule has 0 spiro atoms. The highest BCUT2D eigenvalue weighted by atomic mass is 35.5. The lowest BCUT2D eigenvalue weighted by Crippen LogP contribution is -2.05. The molecular weight excluding hydrogens is 272 g/mol. The third kappa shape index (κ3) is 3.53. The number of nitrogens with zero attached hydrogens (tertiary/aromatic N) is 2. The third-order valence-corrected chi connectivity index (χ3v) is 2.40. The second-order valence-electron chi connectivity index (χ2n) is 3.23. The molecule has 1 heterocycles. The van der Waals surface area contributed by atoms with Gasteiger partial charge in [-0.05, 0) is 18.2 Å². The van der Waals surface area contributed by atoms with Gasteiger partial charge in [0, 0.05) is 5.56 Å². The van der Waals surface area contributed by atoms with E-state index in [4.69, 9.17) is 16.9 Å². The number of methoxy groups -OCH3 is 2. The van der Waals surface area contributed by atoms with Gasteiger partial charge >= 0.3 is 11.9 Å². The maximum absolute atomic E-state index is 11.2. The van der Waals surface area contributed by atoms with Gasteiger partial charge in [0.1, 0.15) is 22.5 Å². The molecule has 0 saturated carbocycles. The zero-order chi connectivity index (χ0) is 14.4. The Morgan fingerprint density at radius 1 is 1.37 bits per heavy atom. The van der Waals surface area contributed by atoms with Crippen LogP contribution in [0.5, 0.6) is 0 Å². The fourth-order valence-corrected chi connectivity index (χ4v) is 1.38. The molecule has 19 heavy (non-hydrogen) atoms. The van der Waals surface area contributed by atoms with E-state index in [0.29, 0.717) is 5.56 Å². The summed E-state index contributed by atoms with van der Waals surface area (Å²) in [6.07, 6.45) is 1.22. The Morgan fingerprint density at radius 2 is 2.05 bits per heavy atom. The van der Waals surface area contributed by atoms with Gasteiger partial charge in [0.15, 0.2) is 0 Å². The summed E-state index contributed by atoms with van der Waals surface area (Å²) in [6, 6.07) is 4.50. The van der Waals surface area contributed by atoms with Crippen molar-refractivity contribution in [2.75, 3.05) is 14.2 Å². The SMILES string of the molecule is COC(=O)/C(C#N)=C/c1ccc(C(=O)OC)nc1Cl. The Balaban J connectivity index is 3.17. The third-order valence-electron chi connectivity index (χ3n) is 2.10. The number of hydrogen-bond donors (Lipinski definition) is 0. The van der Waals surface area contributed by atoms with Crippen LogP contribution >= 0.6 is 11.6 Å². The lowest BCUT2D eigenvalue weighted by Gasteiger charge is -2.02. The monoisotopic (exact) mass is 280 g/mol. The summed E-state index contributed by atoms with van der Waals surface area (Å²) in [7, 11) is 2.38. The molecule has 0 fully saturated rings. The minimum Gasteiger partial charge on any atom is -0.465 e. The van der Waals surface area contributed by atoms with Crippen LogP contribution in [-0.2, 0) is 14.3 Å². The highest BCUT2D eigenvalue weighted by Crippen LogP contribution is 2.18. The number of aromatic nitrogens is 1. The molecule has 1 aromatic heterocycles. The quantitative estimate of drug-likeness (QED) is 0.361. The van der Waals surface area contributed by atoms with Crippen LogP contribution in [0.2, 0.25) is 5.15 Å². The van der Waals surface area contributed by atoms with Crippen molar-refractivity contribution < 1.29 is 19.1 Å². The van der Waals surface area contributed by atoms with Gasteiger partial charge in [-0.15, -0.1) is 0 Å². The Hall–Kier alpha value is -2.39. The number of nitriles is 1. The number of halogens is 1. The maximum Gasteiger partial charge on any atom is 0.356 e. The number of carbonyl (C=O) groups excluding carboxylic acids is 2. The second kappa shape index (κ2) is 6.52. The smallest absolute Gasteiger partial charge is 0.356 e. The Kier molecular flexibility index (Phi) is 5.03. The number of carbonyl (C=O) groups is 2. The molecule has 1 aromatic rings. The molecule has 0 aliphatic rings. The van der Waals surface area contributed by atoms with Crippen LogP contribution < -0.4 is 0 Å². The van der Waals surface area contributed by atoms with E-state index in [1.807, 2.05) is 0 Å². The molecule has 1 rings (SSSR count). The van der Waals surface area contributed by atoms with Crippen molar-refractivity contribution in [1.82, 2.24) is 4.98 Å². The van der Waals surface area contributed by atoms with E-state index < -0.39 is 11.9 Å². The van der Waals surface area contributed by atoms with Crippen LogP contribution in [0.3, 0.4) is 0 Å². The van der Waals surface area contributed by atoms with Crippen molar-refractivity contribution in [3.8, 4) is 6.07 Å². The van der Waals surface area contributed by atoms with Crippen LogP contribution in [0.1, 0.15) is 16.1 Å². The van der Waals surface area contributed by atoms with Gasteiger partial charge in [-0.2, -0.15) is 5.26 Å². The summed E-state index contributed by atoms with van der Waals surface area (Å²) in [5, 5.41) is 8.78. The van der Waals surface area contributed by atoms with Gasteiger partial charge in [0.25, 0.3) is 0 Å². The Bertz CT molecular complexity index is 590. The standard InChI is InChI=1S/C12H9ClN2O4/c1-18-11(16)8(6-14)5-7-3-4-9(12(17)19-2)15-10(7)13/h3-5H,1-2H3/b8-5+. The minimum atomic E-state index is -0.782. The van der Waals surface area contributed by atoms with E-state index in [-0.39, 0.29) is 16.4 Å². The average Bonchev–Trinajstić information content (AvgIpc) is 2.44. The molecule has 0 aliphatic carbocycles. The summed E-state index contributed by atoms with van der Waals surface area (Å²) < 4.78 is 8.91. The van der Waals surface area contributed by atoms with E-state index >= 15 is 0 Å². The predicted octanol–water partition coefficient (Wildman–Crippen LogP) is 1.60. The number of hydrogen-bond acceptors (Lipinski definition) is 6. The normalized spacial score (nSPS) is 10.5. The first-order valence-corrected chi connectivity index (χ1v) is 5.36. The van der Waals surface area contributed by atoms with Crippen molar-refractivity contribution in [2.45, 2.75) is 0 Å². The summed E-state index contributed by atoms with van der Waals surface area (Å²) in [5.41, 5.74) is 0.120. The van der Waals surface area contributed by atoms with Gasteiger partial charge in [-0.3, -0.25) is 0 Å². The number of rotatable bonds is 3. The average molecular weight is 281 g/mol. The highest BCUT2D eigenvalue weighted by molar-refractivity contribution is 6.31. The summed E-state index contributed by atoms with van der Waals surface area (Å²) in [6.45, 7) is 0. The fourth-order valence-electron chi connectivity index (χ4n) is 1.17. The molecular formula is C12H9ClN2O4. The maximum atomic E-state index is 11.2. The lowest BCUT2D eigenvalue weighted by atomic mass is 10.1. The zero-order valence-corrected chi connectivity index (χ0v) is 10.9. The largest absolute Gasteiger partial charge is 0.465 e. The van der Waals surface area contributed by atoms with Crippen LogP contribution in [0.4, 0.5) is 0 Å². The van der Waals surface area contributed by atoms with Crippen molar-refractivity contribution in [3.05, 3.63) is 34.1 Å². The van der Waals surface area contributed by atoms with Gasteiger partial charge in [-0.25, -0.2) is 14.6 Å². The predicted molar refractivity (Wildman–Crippen MR) is 66.2 cm³/mol. The molecule has 0 radical (unpaired) electrons. The molecule has 0 saturated heterocycles. The topological polar surface area (TPSA) is 89.3 Å². The van der Waals surface area contributed by atoms with E-state index in [1.54, 1.807) is 6.07 Å². The van der Waals surface area contributed by atoms with Crippen molar-refractivity contribution in [2.24, 2.45) is 0 Å². The van der Waals surface area contributed by atoms with Crippen LogP contribution in [0, 0.1) is 11.3 Å². The number of esters is 2. The van der Waals surface area contributed by atoms with Gasteiger partial charge in [-0.1, -0.05) is 11.6 Å². The van der Waals surface area contributed by atoms with Gasteiger partial charge in [0.2, 0.25) is 0 Å². The minimum absolute atomic E-state index is 0.0282. The second-order valence-corrected chi connectivity index (χ2v) is 3.59. The first-order valence-electron chi connectivity index (χ1n) is 4.98. The molecule has 0 aromatic carbocycles. The van der Waals surface area contributed by atoms with E-state index in [1.165, 1.54) is 25.3 Å². The molecule has 98 valence electrons. The molecule has 0 amide bonds. The molecule has 0 N–H and O–H groups in total. The van der Waals surface area contributed by atoms with Crippen molar-refractivity contribution in [1.29, 1.82) is 5.26 Å². The van der Waals surface area contributed by atoms with Crippen molar-refractivity contribution in [3.63, 3.8) is 0 Å². The molecule has 0 atom stereocenters. The highest BCUT2D eigenvalue weighted by Gasteiger charge is 2.13. The lowest BCUT2D eigenvalue weighted by molar-refractivity contribution is -0.135. The zero-order valence-electron chi connectivity index (χ0n) is 10.1. The van der Waals surface area contributed by atoms with Crippen molar-refractivity contribution >= 4 is 29.6 Å². The first kappa shape index (κ1) is 14.7. The molecule has 7 heteroatoms. The van der Waals surface area contributed by atoms with Crippen LogP contribution in [0.15, 0.2) is 17.7 Å². The van der Waals surface area contributed by atoms with E-state index in [2.05, 4.69) is 14.5 Å². The molecule has 0 aliphatic heterocycles. The molecule has 0 bridgehead atoms. The van der Waals surface area contributed by atoms with E-state index in [0.717, 1.165) is 7.11 Å².